The standard InChI is InChI=1S/C10H10O/c1-6-7-4-2-3-5-8(7)10-9(6)11-10/h2-6,9-10H,1H3. The first-order valence-electron chi connectivity index (χ1n) is 4.12. The van der Waals surface area contributed by atoms with E-state index < -0.39 is 0 Å². The largest absolute Gasteiger partial charge is 0.364 e. The van der Waals surface area contributed by atoms with Gasteiger partial charge in [0, 0.05) is 5.92 Å². The van der Waals surface area contributed by atoms with Gasteiger partial charge in [-0.05, 0) is 11.1 Å². The fourth-order valence-corrected chi connectivity index (χ4v) is 2.12. The summed E-state index contributed by atoms with van der Waals surface area (Å²) < 4.78 is 5.49. The van der Waals surface area contributed by atoms with E-state index in [-0.39, 0.29) is 0 Å². The fourth-order valence-electron chi connectivity index (χ4n) is 2.12. The van der Waals surface area contributed by atoms with E-state index in [1.54, 1.807) is 0 Å². The van der Waals surface area contributed by atoms with Crippen LogP contribution in [0, 0.1) is 0 Å². The molecule has 3 rings (SSSR count). The van der Waals surface area contributed by atoms with Crippen LogP contribution in [0.15, 0.2) is 24.3 Å². The fraction of sp³-hybridized carbons (Fsp3) is 0.400. The summed E-state index contributed by atoms with van der Waals surface area (Å²) in [5.41, 5.74) is 2.92. The van der Waals surface area contributed by atoms with Crippen LogP contribution in [0.5, 0.6) is 0 Å². The maximum Gasteiger partial charge on any atom is 0.110 e. The molecule has 3 unspecified atom stereocenters. The van der Waals surface area contributed by atoms with E-state index in [9.17, 15) is 0 Å². The Morgan fingerprint density at radius 1 is 1.18 bits per heavy atom. The molecule has 2 aliphatic rings. The van der Waals surface area contributed by atoms with Crippen molar-refractivity contribution in [2.45, 2.75) is 25.0 Å². The molecule has 1 aromatic carbocycles. The molecule has 1 nitrogen and oxygen atoms in total. The summed E-state index contributed by atoms with van der Waals surface area (Å²) in [6.07, 6.45) is 0.952. The Morgan fingerprint density at radius 2 is 1.91 bits per heavy atom. The van der Waals surface area contributed by atoms with Crippen molar-refractivity contribution >= 4 is 0 Å². The number of ether oxygens (including phenoxy) is 1. The average Bonchev–Trinajstić information content (AvgIpc) is 2.78. The van der Waals surface area contributed by atoms with Gasteiger partial charge in [-0.3, -0.25) is 0 Å². The lowest BCUT2D eigenvalue weighted by Crippen LogP contribution is -1.95. The number of hydrogen-bond acceptors (Lipinski definition) is 1. The van der Waals surface area contributed by atoms with E-state index in [1.165, 1.54) is 11.1 Å². The minimum Gasteiger partial charge on any atom is -0.364 e. The van der Waals surface area contributed by atoms with Gasteiger partial charge in [0.05, 0.1) is 6.10 Å². The zero-order valence-electron chi connectivity index (χ0n) is 6.45. The van der Waals surface area contributed by atoms with Crippen molar-refractivity contribution in [3.63, 3.8) is 0 Å². The van der Waals surface area contributed by atoms with Crippen molar-refractivity contribution in [3.05, 3.63) is 35.4 Å². The predicted octanol–water partition coefficient (Wildman–Crippen LogP) is 2.24. The third kappa shape index (κ3) is 0.596. The molecule has 1 aliphatic carbocycles. The van der Waals surface area contributed by atoms with Gasteiger partial charge in [-0.2, -0.15) is 0 Å². The number of benzene rings is 1. The highest BCUT2D eigenvalue weighted by Gasteiger charge is 2.51. The predicted molar refractivity (Wildman–Crippen MR) is 42.5 cm³/mol. The summed E-state index contributed by atoms with van der Waals surface area (Å²) in [4.78, 5) is 0. The van der Waals surface area contributed by atoms with E-state index >= 15 is 0 Å². The summed E-state index contributed by atoms with van der Waals surface area (Å²) in [7, 11) is 0. The van der Waals surface area contributed by atoms with Crippen LogP contribution < -0.4 is 0 Å². The van der Waals surface area contributed by atoms with Crippen LogP contribution in [0.3, 0.4) is 0 Å². The van der Waals surface area contributed by atoms with Crippen molar-refractivity contribution in [1.29, 1.82) is 0 Å². The monoisotopic (exact) mass is 146 g/mol. The summed E-state index contributed by atoms with van der Waals surface area (Å²) in [6.45, 7) is 2.25. The van der Waals surface area contributed by atoms with Crippen LogP contribution in [0.1, 0.15) is 30.1 Å². The molecule has 3 atom stereocenters. The molecule has 0 aromatic heterocycles. The molecule has 0 bridgehead atoms. The zero-order chi connectivity index (χ0) is 7.42. The summed E-state index contributed by atoms with van der Waals surface area (Å²) in [5.74, 6) is 0.621. The molecule has 1 fully saturated rings. The lowest BCUT2D eigenvalue weighted by atomic mass is 10.0. The van der Waals surface area contributed by atoms with Gasteiger partial charge in [0.1, 0.15) is 6.10 Å². The normalized spacial score (nSPS) is 38.1. The van der Waals surface area contributed by atoms with Crippen LogP contribution in [0.4, 0.5) is 0 Å². The molecule has 0 spiro atoms. The van der Waals surface area contributed by atoms with Gasteiger partial charge in [-0.1, -0.05) is 31.2 Å². The number of hydrogen-bond donors (Lipinski definition) is 0. The minimum absolute atomic E-state index is 0.446. The Morgan fingerprint density at radius 3 is 2.64 bits per heavy atom. The molecule has 0 amide bonds. The van der Waals surface area contributed by atoms with Gasteiger partial charge < -0.3 is 4.74 Å². The average molecular weight is 146 g/mol. The van der Waals surface area contributed by atoms with E-state index in [2.05, 4.69) is 31.2 Å². The molecule has 11 heavy (non-hydrogen) atoms. The van der Waals surface area contributed by atoms with Crippen LogP contribution in [-0.4, -0.2) is 6.10 Å². The smallest absolute Gasteiger partial charge is 0.110 e. The summed E-state index contributed by atoms with van der Waals surface area (Å²) >= 11 is 0. The molecule has 1 heterocycles. The first kappa shape index (κ1) is 5.78. The molecule has 1 heteroatoms. The van der Waals surface area contributed by atoms with Crippen molar-refractivity contribution in [3.8, 4) is 0 Å². The second kappa shape index (κ2) is 1.67. The topological polar surface area (TPSA) is 12.5 Å². The Labute approximate surface area is 66.0 Å². The quantitative estimate of drug-likeness (QED) is 0.511. The molecule has 1 saturated heterocycles. The molecule has 0 radical (unpaired) electrons. The van der Waals surface area contributed by atoms with Gasteiger partial charge in [-0.15, -0.1) is 0 Å². The number of fused-ring (bicyclic) bond motifs is 3. The minimum atomic E-state index is 0.446. The lowest BCUT2D eigenvalue weighted by molar-refractivity contribution is 0.341. The third-order valence-corrected chi connectivity index (χ3v) is 2.81. The Bertz CT molecular complexity index is 290. The van der Waals surface area contributed by atoms with Crippen molar-refractivity contribution in [2.75, 3.05) is 0 Å². The first-order chi connectivity index (χ1) is 5.38. The number of epoxide rings is 1. The Balaban J connectivity index is 2.22. The van der Waals surface area contributed by atoms with E-state index in [0.29, 0.717) is 18.1 Å². The molecular formula is C10H10O. The first-order valence-corrected chi connectivity index (χ1v) is 4.12. The summed E-state index contributed by atoms with van der Waals surface area (Å²) in [5, 5.41) is 0. The number of rotatable bonds is 0. The van der Waals surface area contributed by atoms with Crippen LogP contribution in [0.25, 0.3) is 0 Å². The van der Waals surface area contributed by atoms with Crippen molar-refractivity contribution in [1.82, 2.24) is 0 Å². The Kier molecular flexibility index (Phi) is 0.878. The molecule has 1 aliphatic heterocycles. The van der Waals surface area contributed by atoms with Crippen LogP contribution >= 0.6 is 0 Å². The van der Waals surface area contributed by atoms with Crippen LogP contribution in [0.2, 0.25) is 0 Å². The molecule has 1 aromatic rings. The van der Waals surface area contributed by atoms with E-state index in [4.69, 9.17) is 4.74 Å². The van der Waals surface area contributed by atoms with Crippen molar-refractivity contribution in [2.24, 2.45) is 0 Å². The second-order valence-corrected chi connectivity index (χ2v) is 3.44. The van der Waals surface area contributed by atoms with Crippen LogP contribution in [-0.2, 0) is 4.74 Å². The van der Waals surface area contributed by atoms with E-state index in [1.807, 2.05) is 0 Å². The molecule has 56 valence electrons. The highest BCUT2D eigenvalue weighted by atomic mass is 16.6. The molecule has 0 saturated carbocycles. The molecule has 0 N–H and O–H groups in total. The van der Waals surface area contributed by atoms with Gasteiger partial charge in [-0.25, -0.2) is 0 Å². The highest BCUT2D eigenvalue weighted by molar-refractivity contribution is 5.42. The third-order valence-electron chi connectivity index (χ3n) is 2.81. The maximum absolute atomic E-state index is 5.49. The summed E-state index contributed by atoms with van der Waals surface area (Å²) in [6, 6.07) is 8.61. The maximum atomic E-state index is 5.49. The van der Waals surface area contributed by atoms with E-state index in [0.717, 1.165) is 0 Å². The zero-order valence-corrected chi connectivity index (χ0v) is 6.45. The van der Waals surface area contributed by atoms with Gasteiger partial charge in [0.25, 0.3) is 0 Å². The highest BCUT2D eigenvalue weighted by Crippen LogP contribution is 2.55. The lowest BCUT2D eigenvalue weighted by Gasteiger charge is -2.06. The van der Waals surface area contributed by atoms with Crippen molar-refractivity contribution < 1.29 is 4.74 Å². The molecular weight excluding hydrogens is 136 g/mol. The van der Waals surface area contributed by atoms with Gasteiger partial charge >= 0.3 is 0 Å². The van der Waals surface area contributed by atoms with Gasteiger partial charge in [0.2, 0.25) is 0 Å². The van der Waals surface area contributed by atoms with Gasteiger partial charge in [0.15, 0.2) is 0 Å². The Hall–Kier alpha value is -0.820. The SMILES string of the molecule is CC1c2ccccc2C2OC12. The second-order valence-electron chi connectivity index (χ2n) is 3.44.